The highest BCUT2D eigenvalue weighted by Gasteiger charge is 2.25. The predicted molar refractivity (Wildman–Crippen MR) is 102 cm³/mol. The van der Waals surface area contributed by atoms with Crippen LogP contribution >= 0.6 is 11.8 Å². The molecule has 0 radical (unpaired) electrons. The van der Waals surface area contributed by atoms with Crippen molar-refractivity contribution in [3.8, 4) is 5.69 Å². The van der Waals surface area contributed by atoms with Crippen molar-refractivity contribution in [2.45, 2.75) is 30.9 Å². The molecule has 8 heteroatoms. The summed E-state index contributed by atoms with van der Waals surface area (Å²) in [5, 5.41) is 42.4. The number of hydrogen-bond donors (Lipinski definition) is 3. The summed E-state index contributed by atoms with van der Waals surface area (Å²) >= 11 is 1.34. The second-order valence-corrected chi connectivity index (χ2v) is 7.28. The third-order valence-corrected chi connectivity index (χ3v) is 5.45. The summed E-state index contributed by atoms with van der Waals surface area (Å²) in [5.74, 6) is -0.0290. The number of rotatable bonds is 8. The van der Waals surface area contributed by atoms with Gasteiger partial charge in [-0.25, -0.2) is 0 Å². The van der Waals surface area contributed by atoms with Gasteiger partial charge in [-0.15, -0.1) is 5.10 Å². The van der Waals surface area contributed by atoms with Crippen molar-refractivity contribution in [3.63, 3.8) is 0 Å². The fraction of sp³-hybridized carbons (Fsp3) is 0.316. The van der Waals surface area contributed by atoms with E-state index in [1.807, 2.05) is 30.3 Å². The highest BCUT2D eigenvalue weighted by molar-refractivity contribution is 7.99. The van der Waals surface area contributed by atoms with Crippen molar-refractivity contribution in [1.29, 1.82) is 0 Å². The maximum atomic E-state index is 10.5. The molecule has 0 saturated carbocycles. The monoisotopic (exact) mass is 386 g/mol. The maximum absolute atomic E-state index is 10.5. The van der Waals surface area contributed by atoms with E-state index >= 15 is 0 Å². The van der Waals surface area contributed by atoms with Crippen molar-refractivity contribution < 1.29 is 15.3 Å². The first-order valence-electron chi connectivity index (χ1n) is 8.62. The molecule has 0 aliphatic heterocycles. The van der Waals surface area contributed by atoms with Crippen LogP contribution in [0.3, 0.4) is 0 Å². The first-order chi connectivity index (χ1) is 13.1. The van der Waals surface area contributed by atoms with E-state index in [2.05, 4.69) is 15.5 Å². The molecule has 0 unspecified atom stereocenters. The summed E-state index contributed by atoms with van der Waals surface area (Å²) in [6.45, 7) is 1.76. The lowest BCUT2D eigenvalue weighted by Crippen LogP contribution is -2.26. The summed E-state index contributed by atoms with van der Waals surface area (Å²) in [6, 6.07) is 16.6. The summed E-state index contributed by atoms with van der Waals surface area (Å²) < 4.78 is 1.62. The minimum absolute atomic E-state index is 0.0404. The van der Waals surface area contributed by atoms with Gasteiger partial charge < -0.3 is 15.3 Å². The summed E-state index contributed by atoms with van der Waals surface area (Å²) in [6.07, 6.45) is -1.55. The second-order valence-electron chi connectivity index (χ2n) is 6.29. The Balaban J connectivity index is 1.62. The zero-order chi connectivity index (χ0) is 19.2. The first kappa shape index (κ1) is 19.5. The van der Waals surface area contributed by atoms with Crippen LogP contribution in [0.1, 0.15) is 24.2 Å². The Hall–Kier alpha value is -2.26. The van der Waals surface area contributed by atoms with Crippen LogP contribution in [0.5, 0.6) is 0 Å². The molecule has 2 aromatic carbocycles. The second kappa shape index (κ2) is 9.09. The van der Waals surface area contributed by atoms with Crippen molar-refractivity contribution >= 4 is 11.8 Å². The molecule has 0 aliphatic rings. The number of tetrazole rings is 1. The van der Waals surface area contributed by atoms with Crippen molar-refractivity contribution in [3.05, 3.63) is 65.7 Å². The smallest absolute Gasteiger partial charge is 0.214 e. The Bertz CT molecular complexity index is 842. The van der Waals surface area contributed by atoms with Crippen LogP contribution in [0.15, 0.2) is 59.8 Å². The van der Waals surface area contributed by atoms with Crippen molar-refractivity contribution in [1.82, 2.24) is 20.2 Å². The van der Waals surface area contributed by atoms with Gasteiger partial charge in [0, 0.05) is 11.7 Å². The van der Waals surface area contributed by atoms with Gasteiger partial charge in [0.1, 0.15) is 0 Å². The predicted octanol–water partition coefficient (Wildman–Crippen LogP) is 1.98. The van der Waals surface area contributed by atoms with Crippen molar-refractivity contribution in [2.24, 2.45) is 5.92 Å². The van der Waals surface area contributed by atoms with Gasteiger partial charge in [0.2, 0.25) is 5.16 Å². The van der Waals surface area contributed by atoms with E-state index in [0.29, 0.717) is 16.5 Å². The lowest BCUT2D eigenvalue weighted by atomic mass is 9.93. The molecule has 3 rings (SSSR count). The maximum Gasteiger partial charge on any atom is 0.214 e. The largest absolute Gasteiger partial charge is 0.392 e. The average Bonchev–Trinajstić information content (AvgIpc) is 3.20. The summed E-state index contributed by atoms with van der Waals surface area (Å²) in [7, 11) is 0. The molecule has 0 amide bonds. The molecule has 0 spiro atoms. The molecule has 7 nitrogen and oxygen atoms in total. The van der Waals surface area contributed by atoms with E-state index in [0.717, 1.165) is 11.3 Å². The Labute approximate surface area is 161 Å². The minimum atomic E-state index is -0.807. The Morgan fingerprint density at radius 2 is 1.74 bits per heavy atom. The molecule has 3 N–H and O–H groups in total. The van der Waals surface area contributed by atoms with E-state index < -0.39 is 12.2 Å². The van der Waals surface area contributed by atoms with Gasteiger partial charge in [0.25, 0.3) is 0 Å². The quantitative estimate of drug-likeness (QED) is 0.509. The normalized spacial score (nSPS) is 14.7. The van der Waals surface area contributed by atoms with Crippen molar-refractivity contribution in [2.75, 3.05) is 5.75 Å². The zero-order valence-electron chi connectivity index (χ0n) is 14.9. The molecule has 0 saturated heterocycles. The summed E-state index contributed by atoms with van der Waals surface area (Å²) in [4.78, 5) is 0. The van der Waals surface area contributed by atoms with E-state index in [-0.39, 0.29) is 12.5 Å². The molecule has 1 aromatic heterocycles. The van der Waals surface area contributed by atoms with Gasteiger partial charge in [0.05, 0.1) is 24.5 Å². The fourth-order valence-electron chi connectivity index (χ4n) is 2.65. The number of aromatic nitrogens is 4. The molecule has 3 atom stereocenters. The average molecular weight is 386 g/mol. The first-order valence-corrected chi connectivity index (χ1v) is 9.61. The third kappa shape index (κ3) is 4.72. The molecule has 27 heavy (non-hydrogen) atoms. The van der Waals surface area contributed by atoms with Gasteiger partial charge >= 0.3 is 0 Å². The standard InChI is InChI=1S/C19H22N4O3S/c1-13(18(26)15-9-7-14(11-24)8-10-15)17(25)12-27-19-20-21-22-23(19)16-5-3-2-4-6-16/h2-10,13,17-18,24-26H,11-12H2,1H3/t13-,17+,18+/m1/s1. The highest BCUT2D eigenvalue weighted by atomic mass is 32.2. The van der Waals surface area contributed by atoms with Gasteiger partial charge in [-0.05, 0) is 33.7 Å². The highest BCUT2D eigenvalue weighted by Crippen LogP contribution is 2.28. The number of benzene rings is 2. The van der Waals surface area contributed by atoms with Crippen LogP contribution in [0.2, 0.25) is 0 Å². The Kier molecular flexibility index (Phi) is 6.57. The van der Waals surface area contributed by atoms with Crippen LogP contribution in [0.25, 0.3) is 5.69 Å². The Morgan fingerprint density at radius 1 is 1.04 bits per heavy atom. The number of para-hydroxylation sites is 1. The van der Waals surface area contributed by atoms with Crippen LogP contribution in [0, 0.1) is 5.92 Å². The molecule has 1 heterocycles. The number of nitrogens with zero attached hydrogens (tertiary/aromatic N) is 4. The van der Waals surface area contributed by atoms with Crippen LogP contribution in [0.4, 0.5) is 0 Å². The lowest BCUT2D eigenvalue weighted by Gasteiger charge is -2.24. The van der Waals surface area contributed by atoms with E-state index in [4.69, 9.17) is 5.11 Å². The van der Waals surface area contributed by atoms with E-state index in [1.54, 1.807) is 35.9 Å². The van der Waals surface area contributed by atoms with E-state index in [1.165, 1.54) is 11.8 Å². The number of aliphatic hydroxyl groups is 3. The van der Waals surface area contributed by atoms with Crippen LogP contribution < -0.4 is 0 Å². The van der Waals surface area contributed by atoms with E-state index in [9.17, 15) is 10.2 Å². The topological polar surface area (TPSA) is 104 Å². The lowest BCUT2D eigenvalue weighted by molar-refractivity contribution is 0.0330. The van der Waals surface area contributed by atoms with Crippen LogP contribution in [-0.2, 0) is 6.61 Å². The van der Waals surface area contributed by atoms with Gasteiger partial charge in [-0.2, -0.15) is 4.68 Å². The number of hydrogen-bond acceptors (Lipinski definition) is 7. The molecule has 0 bridgehead atoms. The van der Waals surface area contributed by atoms with Gasteiger partial charge in [-0.3, -0.25) is 0 Å². The summed E-state index contributed by atoms with van der Waals surface area (Å²) in [5.41, 5.74) is 2.33. The fourth-order valence-corrected chi connectivity index (χ4v) is 3.63. The molecule has 0 aliphatic carbocycles. The minimum Gasteiger partial charge on any atom is -0.392 e. The molecule has 3 aromatic rings. The molecule has 142 valence electrons. The van der Waals surface area contributed by atoms with Gasteiger partial charge in [-0.1, -0.05) is 61.2 Å². The van der Waals surface area contributed by atoms with Crippen LogP contribution in [-0.4, -0.2) is 47.4 Å². The number of aliphatic hydroxyl groups excluding tert-OH is 3. The van der Waals surface area contributed by atoms with Gasteiger partial charge in [0.15, 0.2) is 0 Å². The molecular formula is C19H22N4O3S. The number of thioether (sulfide) groups is 1. The third-order valence-electron chi connectivity index (χ3n) is 4.43. The molecular weight excluding hydrogens is 364 g/mol. The zero-order valence-corrected chi connectivity index (χ0v) is 15.7. The Morgan fingerprint density at radius 3 is 2.41 bits per heavy atom. The molecule has 0 fully saturated rings. The SMILES string of the molecule is C[C@@H]([C@H](O)c1ccc(CO)cc1)[C@@H](O)CSc1nnnn1-c1ccccc1.